The van der Waals surface area contributed by atoms with Gasteiger partial charge >= 0.3 is 0 Å². The van der Waals surface area contributed by atoms with Crippen molar-refractivity contribution in [1.29, 1.82) is 0 Å². The number of nitrogens with zero attached hydrogens (tertiary/aromatic N) is 2. The van der Waals surface area contributed by atoms with Crippen LogP contribution in [-0.2, 0) is 13.0 Å². The maximum Gasteiger partial charge on any atom is 0.122 e. The van der Waals surface area contributed by atoms with Crippen molar-refractivity contribution in [3.63, 3.8) is 0 Å². The molecule has 5 nitrogen and oxygen atoms in total. The Morgan fingerprint density at radius 3 is 2.78 bits per heavy atom. The Labute approximate surface area is 162 Å². The molecule has 2 fully saturated rings. The van der Waals surface area contributed by atoms with Gasteiger partial charge in [-0.25, -0.2) is 4.98 Å². The van der Waals surface area contributed by atoms with E-state index in [9.17, 15) is 0 Å². The highest BCUT2D eigenvalue weighted by molar-refractivity contribution is 5.43. The zero-order valence-corrected chi connectivity index (χ0v) is 16.5. The van der Waals surface area contributed by atoms with Crippen LogP contribution in [0.15, 0.2) is 24.4 Å². The van der Waals surface area contributed by atoms with Crippen LogP contribution in [0.3, 0.4) is 0 Å². The lowest BCUT2D eigenvalue weighted by Gasteiger charge is -2.17. The largest absolute Gasteiger partial charge is 0.497 e. The monoisotopic (exact) mass is 369 g/mol. The minimum Gasteiger partial charge on any atom is -0.497 e. The first kappa shape index (κ1) is 18.4. The standard InChI is InChI=1S/C22H31N3O2/c1-26-19-7-8-21(27-2)20(12-19)17-9-10-25(14-17)15-18-13-23-22(24-18)11-16-5-3-4-6-16/h7-8,12-13,16-17H,3-6,9-11,14-15H2,1-2H3,(H,23,24)/t17-/m1/s1. The van der Waals surface area contributed by atoms with Gasteiger partial charge in [0.15, 0.2) is 0 Å². The van der Waals surface area contributed by atoms with Gasteiger partial charge in [-0.15, -0.1) is 0 Å². The minimum absolute atomic E-state index is 0.482. The van der Waals surface area contributed by atoms with E-state index in [-0.39, 0.29) is 0 Å². The molecule has 2 aromatic rings. The van der Waals surface area contributed by atoms with E-state index in [4.69, 9.17) is 9.47 Å². The fourth-order valence-corrected chi connectivity index (χ4v) is 4.71. The number of imidazole rings is 1. The third-order valence-electron chi connectivity index (χ3n) is 6.18. The summed E-state index contributed by atoms with van der Waals surface area (Å²) in [6.07, 6.45) is 9.81. The van der Waals surface area contributed by atoms with Gasteiger partial charge in [0.1, 0.15) is 17.3 Å². The van der Waals surface area contributed by atoms with Gasteiger partial charge in [0.25, 0.3) is 0 Å². The zero-order chi connectivity index (χ0) is 18.6. The number of H-pyrrole nitrogens is 1. The summed E-state index contributed by atoms with van der Waals surface area (Å²) in [5, 5.41) is 0. The van der Waals surface area contributed by atoms with Crippen molar-refractivity contribution in [2.75, 3.05) is 27.3 Å². The first-order valence-electron chi connectivity index (χ1n) is 10.2. The lowest BCUT2D eigenvalue weighted by atomic mass is 9.97. The molecule has 2 heterocycles. The predicted octanol–water partition coefficient (Wildman–Crippen LogP) is 4.15. The Kier molecular flexibility index (Phi) is 5.67. The average Bonchev–Trinajstić information content (AvgIpc) is 3.45. The highest BCUT2D eigenvalue weighted by Gasteiger charge is 2.27. The first-order chi connectivity index (χ1) is 13.2. The third-order valence-corrected chi connectivity index (χ3v) is 6.18. The molecule has 0 bridgehead atoms. The van der Waals surface area contributed by atoms with Gasteiger partial charge < -0.3 is 14.5 Å². The summed E-state index contributed by atoms with van der Waals surface area (Å²) in [6, 6.07) is 6.11. The topological polar surface area (TPSA) is 50.4 Å². The molecule has 1 aromatic heterocycles. The number of hydrogen-bond acceptors (Lipinski definition) is 4. The number of rotatable bonds is 7. The van der Waals surface area contributed by atoms with Crippen LogP contribution in [0, 0.1) is 5.92 Å². The van der Waals surface area contributed by atoms with Crippen molar-refractivity contribution in [3.8, 4) is 11.5 Å². The lowest BCUT2D eigenvalue weighted by Crippen LogP contribution is -2.20. The van der Waals surface area contributed by atoms with Crippen LogP contribution >= 0.6 is 0 Å². The van der Waals surface area contributed by atoms with Crippen molar-refractivity contribution >= 4 is 0 Å². The Bertz CT molecular complexity index is 752. The number of hydrogen-bond donors (Lipinski definition) is 1. The average molecular weight is 370 g/mol. The smallest absolute Gasteiger partial charge is 0.122 e. The van der Waals surface area contributed by atoms with Crippen molar-refractivity contribution in [1.82, 2.24) is 14.9 Å². The first-order valence-corrected chi connectivity index (χ1v) is 10.2. The normalized spacial score (nSPS) is 21.0. The number of nitrogens with one attached hydrogen (secondary N) is 1. The summed E-state index contributed by atoms with van der Waals surface area (Å²) in [5.74, 6) is 4.34. The molecule has 1 saturated heterocycles. The molecule has 0 amide bonds. The molecule has 0 unspecified atom stereocenters. The van der Waals surface area contributed by atoms with Crippen LogP contribution in [0.4, 0.5) is 0 Å². The van der Waals surface area contributed by atoms with E-state index in [0.29, 0.717) is 5.92 Å². The van der Waals surface area contributed by atoms with Crippen LogP contribution in [0.5, 0.6) is 11.5 Å². The number of benzene rings is 1. The Morgan fingerprint density at radius 2 is 2.00 bits per heavy atom. The van der Waals surface area contributed by atoms with Gasteiger partial charge in [0.05, 0.1) is 14.2 Å². The molecule has 1 atom stereocenters. The van der Waals surface area contributed by atoms with E-state index in [1.165, 1.54) is 42.8 Å². The maximum absolute atomic E-state index is 5.59. The molecule has 5 heteroatoms. The molecule has 1 aliphatic heterocycles. The van der Waals surface area contributed by atoms with E-state index >= 15 is 0 Å². The van der Waals surface area contributed by atoms with Crippen molar-refractivity contribution in [3.05, 3.63) is 41.5 Å². The fourth-order valence-electron chi connectivity index (χ4n) is 4.71. The number of aromatic amines is 1. The summed E-state index contributed by atoms with van der Waals surface area (Å²) < 4.78 is 11.0. The van der Waals surface area contributed by atoms with Crippen molar-refractivity contribution < 1.29 is 9.47 Å². The van der Waals surface area contributed by atoms with Gasteiger partial charge in [-0.1, -0.05) is 25.7 Å². The van der Waals surface area contributed by atoms with Crippen LogP contribution in [-0.4, -0.2) is 42.2 Å². The molecule has 27 heavy (non-hydrogen) atoms. The fraction of sp³-hybridized carbons (Fsp3) is 0.591. The van der Waals surface area contributed by atoms with Gasteiger partial charge in [0.2, 0.25) is 0 Å². The molecular weight excluding hydrogens is 338 g/mol. The second-order valence-corrected chi connectivity index (χ2v) is 8.04. The number of aromatic nitrogens is 2. The third kappa shape index (κ3) is 4.29. The van der Waals surface area contributed by atoms with E-state index in [1.54, 1.807) is 14.2 Å². The van der Waals surface area contributed by atoms with Crippen molar-refractivity contribution in [2.45, 2.75) is 51.0 Å². The van der Waals surface area contributed by atoms with Gasteiger partial charge in [-0.05, 0) is 37.1 Å². The number of methoxy groups -OCH3 is 2. The molecular formula is C22H31N3O2. The number of ether oxygens (including phenoxy) is 2. The SMILES string of the molecule is COc1ccc(OC)c([C@@H]2CCN(Cc3cnc(CC4CCCC4)[nH]3)C2)c1. The Hall–Kier alpha value is -2.01. The second kappa shape index (κ2) is 8.34. The summed E-state index contributed by atoms with van der Waals surface area (Å²) in [5.41, 5.74) is 2.49. The second-order valence-electron chi connectivity index (χ2n) is 8.04. The molecule has 1 saturated carbocycles. The van der Waals surface area contributed by atoms with Gasteiger partial charge in [0, 0.05) is 42.9 Å². The lowest BCUT2D eigenvalue weighted by molar-refractivity contribution is 0.321. The summed E-state index contributed by atoms with van der Waals surface area (Å²) in [4.78, 5) is 10.7. The summed E-state index contributed by atoms with van der Waals surface area (Å²) in [7, 11) is 3.46. The molecule has 1 aromatic carbocycles. The molecule has 2 aliphatic rings. The highest BCUT2D eigenvalue weighted by atomic mass is 16.5. The Morgan fingerprint density at radius 1 is 1.15 bits per heavy atom. The zero-order valence-electron chi connectivity index (χ0n) is 16.5. The van der Waals surface area contributed by atoms with Crippen molar-refractivity contribution in [2.24, 2.45) is 5.92 Å². The van der Waals surface area contributed by atoms with E-state index in [1.807, 2.05) is 18.3 Å². The van der Waals surface area contributed by atoms with E-state index in [2.05, 4.69) is 20.9 Å². The van der Waals surface area contributed by atoms with Gasteiger partial charge in [-0.3, -0.25) is 4.90 Å². The Balaban J connectivity index is 1.37. The van der Waals surface area contributed by atoms with Crippen LogP contribution in [0.2, 0.25) is 0 Å². The van der Waals surface area contributed by atoms with Crippen LogP contribution < -0.4 is 9.47 Å². The quantitative estimate of drug-likeness (QED) is 0.797. The van der Waals surface area contributed by atoms with Crippen LogP contribution in [0.25, 0.3) is 0 Å². The maximum atomic E-state index is 5.59. The molecule has 4 rings (SSSR count). The van der Waals surface area contributed by atoms with Gasteiger partial charge in [-0.2, -0.15) is 0 Å². The molecule has 0 spiro atoms. The molecule has 146 valence electrons. The summed E-state index contributed by atoms with van der Waals surface area (Å²) >= 11 is 0. The van der Waals surface area contributed by atoms with Crippen LogP contribution in [0.1, 0.15) is 55.1 Å². The van der Waals surface area contributed by atoms with E-state index < -0.39 is 0 Å². The molecule has 1 aliphatic carbocycles. The molecule has 1 N–H and O–H groups in total. The minimum atomic E-state index is 0.482. The van der Waals surface area contributed by atoms with E-state index in [0.717, 1.165) is 49.9 Å². The highest BCUT2D eigenvalue weighted by Crippen LogP contribution is 2.36. The number of likely N-dealkylation sites (tertiary alicyclic amines) is 1. The summed E-state index contributed by atoms with van der Waals surface area (Å²) in [6.45, 7) is 3.09. The molecule has 0 radical (unpaired) electrons. The predicted molar refractivity (Wildman–Crippen MR) is 106 cm³/mol.